The van der Waals surface area contributed by atoms with Gasteiger partial charge in [0.1, 0.15) is 4.32 Å². The first-order valence-corrected chi connectivity index (χ1v) is 10.3. The number of ether oxygens (including phenoxy) is 1. The molecule has 3 rings (SSSR count). The Hall–Kier alpha value is -1.86. The first-order chi connectivity index (χ1) is 13.4. The van der Waals surface area contributed by atoms with Crippen molar-refractivity contribution in [3.8, 4) is 0 Å². The lowest BCUT2D eigenvalue weighted by atomic mass is 10.1. The lowest BCUT2D eigenvalue weighted by molar-refractivity contribution is -0.151. The fourth-order valence-corrected chi connectivity index (χ4v) is 4.32. The van der Waals surface area contributed by atoms with Gasteiger partial charge in [-0.15, -0.1) is 0 Å². The fourth-order valence-electron chi connectivity index (χ4n) is 2.70. The highest BCUT2D eigenvalue weighted by atomic mass is 35.5. The lowest BCUT2D eigenvalue weighted by Crippen LogP contribution is -2.38. The van der Waals surface area contributed by atoms with Crippen LogP contribution in [0.2, 0.25) is 10.0 Å². The van der Waals surface area contributed by atoms with Crippen LogP contribution in [-0.2, 0) is 14.3 Å². The zero-order valence-corrected chi connectivity index (χ0v) is 17.9. The zero-order valence-electron chi connectivity index (χ0n) is 14.7. The summed E-state index contributed by atoms with van der Waals surface area (Å²) in [7, 11) is 0. The fraction of sp³-hybridized carbons (Fsp3) is 0.150. The Balaban J connectivity index is 1.97. The number of nitrogens with zero attached hydrogens (tertiary/aromatic N) is 1. The minimum absolute atomic E-state index is 0.204. The molecular weight excluding hydrogens is 437 g/mol. The molecule has 2 aromatic carbocycles. The first-order valence-electron chi connectivity index (χ1n) is 8.36. The highest BCUT2D eigenvalue weighted by molar-refractivity contribution is 8.26. The maximum atomic E-state index is 13.1. The van der Waals surface area contributed by atoms with Crippen LogP contribution in [0.3, 0.4) is 0 Å². The normalized spacial score (nSPS) is 16.5. The maximum Gasteiger partial charge on any atom is 0.333 e. The van der Waals surface area contributed by atoms with Gasteiger partial charge in [0.2, 0.25) is 0 Å². The third-order valence-electron chi connectivity index (χ3n) is 3.95. The van der Waals surface area contributed by atoms with Crippen molar-refractivity contribution in [2.45, 2.75) is 13.0 Å². The van der Waals surface area contributed by atoms with Gasteiger partial charge in [0, 0.05) is 0 Å². The second-order valence-electron chi connectivity index (χ2n) is 5.79. The Kier molecular flexibility index (Phi) is 6.78. The molecule has 4 nitrogen and oxygen atoms in total. The summed E-state index contributed by atoms with van der Waals surface area (Å²) in [6.07, 6.45) is 1.68. The predicted octanol–water partition coefficient (Wildman–Crippen LogP) is 5.50. The minimum Gasteiger partial charge on any atom is -0.464 e. The number of benzene rings is 2. The van der Waals surface area contributed by atoms with E-state index in [1.165, 1.54) is 4.90 Å². The minimum atomic E-state index is -0.937. The van der Waals surface area contributed by atoms with E-state index in [0.29, 0.717) is 30.4 Å². The SMILES string of the molecule is CCOC(=O)C(c1ccccc1)N1C(=O)/C(=C/c2ccc(Cl)c(Cl)c2)SC1=S. The molecule has 144 valence electrons. The molecule has 1 atom stereocenters. The highest BCUT2D eigenvalue weighted by Gasteiger charge is 2.42. The molecule has 1 heterocycles. The summed E-state index contributed by atoms with van der Waals surface area (Å²) in [5, 5.41) is 0.817. The largest absolute Gasteiger partial charge is 0.464 e. The van der Waals surface area contributed by atoms with E-state index in [9.17, 15) is 9.59 Å². The van der Waals surface area contributed by atoms with Crippen LogP contribution in [0.5, 0.6) is 0 Å². The van der Waals surface area contributed by atoms with E-state index in [0.717, 1.165) is 11.8 Å². The van der Waals surface area contributed by atoms with Crippen LogP contribution >= 0.6 is 47.2 Å². The molecule has 1 fully saturated rings. The summed E-state index contributed by atoms with van der Waals surface area (Å²) in [5.74, 6) is -0.885. The maximum absolute atomic E-state index is 13.1. The molecule has 1 aliphatic rings. The third kappa shape index (κ3) is 4.41. The topological polar surface area (TPSA) is 46.6 Å². The van der Waals surface area contributed by atoms with E-state index in [1.54, 1.807) is 55.5 Å². The molecule has 0 radical (unpaired) electrons. The lowest BCUT2D eigenvalue weighted by Gasteiger charge is -2.25. The molecule has 2 aromatic rings. The van der Waals surface area contributed by atoms with Crippen molar-refractivity contribution >= 4 is 69.5 Å². The quantitative estimate of drug-likeness (QED) is 0.341. The van der Waals surface area contributed by atoms with Crippen molar-refractivity contribution in [2.75, 3.05) is 6.61 Å². The van der Waals surface area contributed by atoms with Crippen molar-refractivity contribution in [1.82, 2.24) is 4.90 Å². The van der Waals surface area contributed by atoms with Gasteiger partial charge in [0.15, 0.2) is 6.04 Å². The molecule has 0 bridgehead atoms. The average molecular weight is 452 g/mol. The number of thioether (sulfide) groups is 1. The Bertz CT molecular complexity index is 963. The van der Waals surface area contributed by atoms with E-state index in [4.69, 9.17) is 40.2 Å². The standard InChI is InChI=1S/C20H15Cl2NO3S2/c1-2-26-19(25)17(13-6-4-3-5-7-13)23-18(24)16(28-20(23)27)11-12-8-9-14(21)15(22)10-12/h3-11,17H,2H2,1H3/b16-11-. The number of esters is 1. The summed E-state index contributed by atoms with van der Waals surface area (Å²) in [6.45, 7) is 1.92. The molecule has 1 amide bonds. The summed E-state index contributed by atoms with van der Waals surface area (Å²) < 4.78 is 5.49. The van der Waals surface area contributed by atoms with E-state index >= 15 is 0 Å². The molecule has 0 saturated carbocycles. The molecule has 8 heteroatoms. The predicted molar refractivity (Wildman–Crippen MR) is 117 cm³/mol. The molecule has 0 aliphatic carbocycles. The van der Waals surface area contributed by atoms with Crippen LogP contribution in [0.15, 0.2) is 53.4 Å². The van der Waals surface area contributed by atoms with Crippen LogP contribution in [0.25, 0.3) is 6.08 Å². The van der Waals surface area contributed by atoms with Gasteiger partial charge < -0.3 is 4.74 Å². The summed E-state index contributed by atoms with van der Waals surface area (Å²) in [6, 6.07) is 13.1. The Morgan fingerprint density at radius 3 is 2.57 bits per heavy atom. The summed E-state index contributed by atoms with van der Waals surface area (Å²) >= 11 is 18.5. The van der Waals surface area contributed by atoms with Crippen LogP contribution in [-0.4, -0.2) is 27.7 Å². The van der Waals surface area contributed by atoms with Gasteiger partial charge in [-0.2, -0.15) is 0 Å². The van der Waals surface area contributed by atoms with Crippen molar-refractivity contribution < 1.29 is 14.3 Å². The molecule has 1 unspecified atom stereocenters. The van der Waals surface area contributed by atoms with Gasteiger partial charge in [-0.05, 0) is 36.3 Å². The molecule has 1 aliphatic heterocycles. The number of hydrogen-bond acceptors (Lipinski definition) is 5. The van der Waals surface area contributed by atoms with Gasteiger partial charge in [0.05, 0.1) is 21.6 Å². The number of halogens is 2. The van der Waals surface area contributed by atoms with Crippen molar-refractivity contribution in [3.05, 3.63) is 74.6 Å². The van der Waals surface area contributed by atoms with Crippen molar-refractivity contribution in [1.29, 1.82) is 0 Å². The second-order valence-corrected chi connectivity index (χ2v) is 8.28. The van der Waals surface area contributed by atoms with Gasteiger partial charge >= 0.3 is 5.97 Å². The van der Waals surface area contributed by atoms with Crippen molar-refractivity contribution in [2.24, 2.45) is 0 Å². The smallest absolute Gasteiger partial charge is 0.333 e. The summed E-state index contributed by atoms with van der Waals surface area (Å²) in [5.41, 5.74) is 1.34. The van der Waals surface area contributed by atoms with Crippen LogP contribution in [0.1, 0.15) is 24.1 Å². The van der Waals surface area contributed by atoms with E-state index in [2.05, 4.69) is 0 Å². The van der Waals surface area contributed by atoms with Crippen LogP contribution in [0, 0.1) is 0 Å². The van der Waals surface area contributed by atoms with Gasteiger partial charge in [0.25, 0.3) is 5.91 Å². The highest BCUT2D eigenvalue weighted by Crippen LogP contribution is 2.39. The van der Waals surface area contributed by atoms with E-state index in [-0.39, 0.29) is 12.5 Å². The van der Waals surface area contributed by atoms with Gasteiger partial charge in [-0.3, -0.25) is 9.69 Å². The molecule has 28 heavy (non-hydrogen) atoms. The molecule has 1 saturated heterocycles. The molecule has 0 N–H and O–H groups in total. The third-order valence-corrected chi connectivity index (χ3v) is 6.02. The second kappa shape index (κ2) is 9.09. The number of carbonyl (C=O) groups is 2. The van der Waals surface area contributed by atoms with E-state index < -0.39 is 12.0 Å². The number of hydrogen-bond donors (Lipinski definition) is 0. The first kappa shape index (κ1) is 20.9. The average Bonchev–Trinajstić information content (AvgIpc) is 2.94. The number of thiocarbonyl (C=S) groups is 1. The van der Waals surface area contributed by atoms with Crippen molar-refractivity contribution in [3.63, 3.8) is 0 Å². The molecule has 0 spiro atoms. The van der Waals surface area contributed by atoms with Crippen LogP contribution < -0.4 is 0 Å². The number of amides is 1. The van der Waals surface area contributed by atoms with Crippen LogP contribution in [0.4, 0.5) is 0 Å². The number of rotatable bonds is 5. The molecular formula is C20H15Cl2NO3S2. The Morgan fingerprint density at radius 1 is 1.21 bits per heavy atom. The van der Waals surface area contributed by atoms with Gasteiger partial charge in [-0.1, -0.05) is 83.6 Å². The van der Waals surface area contributed by atoms with Gasteiger partial charge in [-0.25, -0.2) is 4.79 Å². The Labute approximate surface area is 182 Å². The Morgan fingerprint density at radius 2 is 1.93 bits per heavy atom. The van der Waals surface area contributed by atoms with E-state index in [1.807, 2.05) is 6.07 Å². The molecule has 0 aromatic heterocycles. The summed E-state index contributed by atoms with van der Waals surface area (Å²) in [4.78, 5) is 27.4. The monoisotopic (exact) mass is 451 g/mol. The number of carbonyl (C=O) groups excluding carboxylic acids is 2. The zero-order chi connectivity index (χ0) is 20.3.